The van der Waals surface area contributed by atoms with Crippen LogP contribution in [0.25, 0.3) is 0 Å². The topological polar surface area (TPSA) is 66.8 Å². The Kier molecular flexibility index (Phi) is 3.09. The molecule has 0 saturated heterocycles. The molecule has 108 valence electrons. The van der Waals surface area contributed by atoms with E-state index in [0.717, 1.165) is 12.1 Å². The highest BCUT2D eigenvalue weighted by Gasteiger charge is 2.55. The van der Waals surface area contributed by atoms with Gasteiger partial charge in [0.25, 0.3) is 5.91 Å². The maximum atomic E-state index is 13.4. The Bertz CT molecular complexity index is 593. The minimum absolute atomic E-state index is 0.0877. The van der Waals surface area contributed by atoms with Crippen LogP contribution in [0, 0.1) is 5.82 Å². The second-order valence-corrected chi connectivity index (χ2v) is 5.91. The molecule has 6 heteroatoms. The van der Waals surface area contributed by atoms with Crippen molar-refractivity contribution in [2.45, 2.75) is 38.7 Å². The number of ether oxygens (including phenoxy) is 1. The van der Waals surface area contributed by atoms with Gasteiger partial charge in [-0.25, -0.2) is 4.39 Å². The number of carbonyl (C=O) groups is 2. The van der Waals surface area contributed by atoms with Crippen LogP contribution in [0.15, 0.2) is 18.2 Å². The van der Waals surface area contributed by atoms with Gasteiger partial charge in [-0.3, -0.25) is 14.8 Å². The van der Waals surface area contributed by atoms with Crippen LogP contribution in [-0.4, -0.2) is 22.7 Å². The molecule has 0 bridgehead atoms. The number of carbonyl (C=O) groups excluding carboxylic acids is 2. The van der Waals surface area contributed by atoms with Gasteiger partial charge in [0, 0.05) is 5.56 Å². The van der Waals surface area contributed by atoms with E-state index in [-0.39, 0.29) is 11.3 Å². The van der Waals surface area contributed by atoms with Crippen LogP contribution in [0.2, 0.25) is 0 Å². The summed E-state index contributed by atoms with van der Waals surface area (Å²) in [5.41, 5.74) is -2.36. The lowest BCUT2D eigenvalue weighted by Gasteiger charge is -2.27. The molecule has 1 aliphatic heterocycles. The van der Waals surface area contributed by atoms with Crippen molar-refractivity contribution in [3.05, 3.63) is 29.6 Å². The predicted molar refractivity (Wildman–Crippen MR) is 68.9 cm³/mol. The summed E-state index contributed by atoms with van der Waals surface area (Å²) in [4.78, 5) is 24.5. The smallest absolute Gasteiger partial charge is 0.326 e. The van der Waals surface area contributed by atoms with Gasteiger partial charge in [-0.05, 0) is 45.9 Å². The van der Waals surface area contributed by atoms with Crippen LogP contribution in [0.5, 0.6) is 0 Å². The molecule has 1 atom stereocenters. The van der Waals surface area contributed by atoms with E-state index in [1.165, 1.54) is 13.0 Å². The second-order valence-electron chi connectivity index (χ2n) is 5.91. The molecule has 1 heterocycles. The van der Waals surface area contributed by atoms with Gasteiger partial charge in [-0.1, -0.05) is 0 Å². The van der Waals surface area contributed by atoms with E-state index >= 15 is 0 Å². The zero-order valence-electron chi connectivity index (χ0n) is 11.7. The van der Waals surface area contributed by atoms with E-state index in [1.807, 2.05) is 0 Å². The number of nitrogens with zero attached hydrogens (tertiary/aromatic N) is 1. The maximum Gasteiger partial charge on any atom is 0.326 e. The van der Waals surface area contributed by atoms with E-state index in [9.17, 15) is 19.2 Å². The molecule has 5 nitrogen and oxygen atoms in total. The third-order valence-corrected chi connectivity index (χ3v) is 3.15. The zero-order valence-corrected chi connectivity index (χ0v) is 11.7. The van der Waals surface area contributed by atoms with Crippen LogP contribution in [0.4, 0.5) is 10.1 Å². The van der Waals surface area contributed by atoms with Crippen LogP contribution < -0.4 is 5.06 Å². The van der Waals surface area contributed by atoms with Gasteiger partial charge in [0.05, 0.1) is 5.69 Å². The fraction of sp³-hybridized carbons (Fsp3) is 0.429. The molecule has 0 aromatic heterocycles. The normalized spacial score (nSPS) is 21.9. The molecule has 0 fully saturated rings. The molecular weight excluding hydrogens is 265 g/mol. The first-order valence-corrected chi connectivity index (χ1v) is 6.14. The zero-order chi connectivity index (χ0) is 15.3. The van der Waals surface area contributed by atoms with E-state index < -0.39 is 28.7 Å². The standard InChI is InChI=1S/C14H16FNO4/c1-13(2,3)20-12(18)14(4)9-7-8(15)5-6-10(9)16(19)11(14)17/h5-7,19H,1-4H3. The quantitative estimate of drug-likeness (QED) is 0.486. The Balaban J connectivity index is 2.54. The van der Waals surface area contributed by atoms with E-state index in [2.05, 4.69) is 0 Å². The van der Waals surface area contributed by atoms with E-state index in [1.54, 1.807) is 20.8 Å². The Labute approximate surface area is 115 Å². The SMILES string of the molecule is CC(C)(C)OC(=O)C1(C)C(=O)N(O)c2ccc(F)cc21. The van der Waals surface area contributed by atoms with Crippen LogP contribution in [-0.2, 0) is 19.7 Å². The Morgan fingerprint density at radius 1 is 1.40 bits per heavy atom. The van der Waals surface area contributed by atoms with Gasteiger partial charge in [0.1, 0.15) is 11.4 Å². The van der Waals surface area contributed by atoms with Crippen molar-refractivity contribution >= 4 is 17.6 Å². The summed E-state index contributed by atoms with van der Waals surface area (Å²) < 4.78 is 18.6. The Morgan fingerprint density at radius 2 is 2.00 bits per heavy atom. The lowest BCUT2D eigenvalue weighted by Crippen LogP contribution is -2.46. The van der Waals surface area contributed by atoms with Crippen LogP contribution in [0.3, 0.4) is 0 Å². The number of hydroxylamine groups is 1. The van der Waals surface area contributed by atoms with Crippen molar-refractivity contribution < 1.29 is 23.9 Å². The molecule has 20 heavy (non-hydrogen) atoms. The van der Waals surface area contributed by atoms with E-state index in [0.29, 0.717) is 5.06 Å². The minimum atomic E-state index is -1.75. The molecule has 0 radical (unpaired) electrons. The number of amides is 1. The number of hydrogen-bond acceptors (Lipinski definition) is 4. The van der Waals surface area contributed by atoms with Crippen molar-refractivity contribution in [3.63, 3.8) is 0 Å². The van der Waals surface area contributed by atoms with Gasteiger partial charge >= 0.3 is 5.97 Å². The highest BCUT2D eigenvalue weighted by atomic mass is 19.1. The molecule has 1 aliphatic rings. The van der Waals surface area contributed by atoms with Crippen molar-refractivity contribution in [2.24, 2.45) is 0 Å². The molecule has 1 unspecified atom stereocenters. The average molecular weight is 281 g/mol. The van der Waals surface area contributed by atoms with Crippen LogP contribution >= 0.6 is 0 Å². The Morgan fingerprint density at radius 3 is 2.55 bits per heavy atom. The molecule has 2 rings (SSSR count). The highest BCUT2D eigenvalue weighted by molar-refractivity contribution is 6.19. The number of rotatable bonds is 1. The number of halogens is 1. The van der Waals surface area contributed by atoms with Gasteiger partial charge < -0.3 is 4.74 Å². The average Bonchev–Trinajstić information content (AvgIpc) is 2.50. The molecular formula is C14H16FNO4. The molecule has 1 N–H and O–H groups in total. The third-order valence-electron chi connectivity index (χ3n) is 3.15. The first-order chi connectivity index (χ1) is 9.07. The summed E-state index contributed by atoms with van der Waals surface area (Å²) in [6, 6.07) is 3.42. The summed E-state index contributed by atoms with van der Waals surface area (Å²) in [5, 5.41) is 10.1. The van der Waals surface area contributed by atoms with Crippen molar-refractivity contribution in [2.75, 3.05) is 5.06 Å². The van der Waals surface area contributed by atoms with Gasteiger partial charge in [0.15, 0.2) is 5.41 Å². The molecule has 1 aromatic rings. The van der Waals surface area contributed by atoms with Crippen molar-refractivity contribution in [1.82, 2.24) is 0 Å². The largest absolute Gasteiger partial charge is 0.459 e. The molecule has 0 aliphatic carbocycles. The third kappa shape index (κ3) is 2.06. The molecule has 1 aromatic carbocycles. The fourth-order valence-corrected chi connectivity index (χ4v) is 2.11. The maximum absolute atomic E-state index is 13.4. The number of fused-ring (bicyclic) bond motifs is 1. The molecule has 0 spiro atoms. The lowest BCUT2D eigenvalue weighted by atomic mass is 9.83. The summed E-state index contributed by atoms with van der Waals surface area (Å²) in [6.45, 7) is 6.31. The van der Waals surface area contributed by atoms with Gasteiger partial charge in [0.2, 0.25) is 0 Å². The van der Waals surface area contributed by atoms with Gasteiger partial charge in [-0.2, -0.15) is 5.06 Å². The highest BCUT2D eigenvalue weighted by Crippen LogP contribution is 2.42. The lowest BCUT2D eigenvalue weighted by molar-refractivity contribution is -0.164. The summed E-state index contributed by atoms with van der Waals surface area (Å²) in [5.74, 6) is -2.27. The first kappa shape index (κ1) is 14.5. The minimum Gasteiger partial charge on any atom is -0.459 e. The van der Waals surface area contributed by atoms with Crippen molar-refractivity contribution in [3.8, 4) is 0 Å². The Hall–Kier alpha value is -1.95. The summed E-state index contributed by atoms with van der Waals surface area (Å²) >= 11 is 0. The monoisotopic (exact) mass is 281 g/mol. The number of benzene rings is 1. The number of anilines is 1. The van der Waals surface area contributed by atoms with Gasteiger partial charge in [-0.15, -0.1) is 0 Å². The van der Waals surface area contributed by atoms with Crippen LogP contribution in [0.1, 0.15) is 33.3 Å². The number of hydrogen-bond donors (Lipinski definition) is 1. The number of esters is 1. The molecule has 1 amide bonds. The summed E-state index contributed by atoms with van der Waals surface area (Å²) in [6.07, 6.45) is 0. The second kappa shape index (κ2) is 4.28. The summed E-state index contributed by atoms with van der Waals surface area (Å²) in [7, 11) is 0. The molecule has 0 saturated carbocycles. The predicted octanol–water partition coefficient (Wildman–Crippen LogP) is 2.16. The fourth-order valence-electron chi connectivity index (χ4n) is 2.11. The first-order valence-electron chi connectivity index (χ1n) is 6.14. The van der Waals surface area contributed by atoms with E-state index in [4.69, 9.17) is 4.74 Å². The van der Waals surface area contributed by atoms with Crippen molar-refractivity contribution in [1.29, 1.82) is 0 Å².